The zero-order valence-electron chi connectivity index (χ0n) is 54.5. The minimum Gasteiger partial charge on any atom is -0.454 e. The number of amides is 1. The van der Waals surface area contributed by atoms with Gasteiger partial charge in [-0.3, -0.25) is 9.59 Å². The molecule has 0 bridgehead atoms. The van der Waals surface area contributed by atoms with E-state index in [-0.39, 0.29) is 19.4 Å². The number of rotatable bonds is 59. The number of carbonyl (C=O) groups excluding carboxylic acids is 2. The standard InChI is InChI=1S/C74H129NO10/c1-4-7-10-13-16-19-22-24-26-28-30-31-32-33-34-35-36-37-38-40-42-44-47-50-53-56-59-62-69(79)85-72-71(81)70(80)68(63-76)84-74(72)83-64-65(66(77)60-57-54-51-48-45-21-18-15-12-9-6-3)75-73(82)67(78)61-58-55-52-49-46-43-41-39-29-27-25-23-20-17-14-11-8-5-2/h16-17,19-20,24-27,30-31,33-34,39,41,57,60,65-68,70-72,74,76-78,80-81H,4-15,18,21-23,28-29,32,35-38,40,42-56,58-59,61-64H2,1-3H3,(H,75,82)/b19-16-,20-17-,26-24-,27-25-,31-30-,34-33-,41-39-,60-57+. The fourth-order valence-corrected chi connectivity index (χ4v) is 10.4. The summed E-state index contributed by atoms with van der Waals surface area (Å²) < 4.78 is 17.7. The van der Waals surface area contributed by atoms with E-state index in [0.29, 0.717) is 12.8 Å². The first-order valence-electron chi connectivity index (χ1n) is 35.0. The van der Waals surface area contributed by atoms with Crippen molar-refractivity contribution < 1.29 is 49.3 Å². The second-order valence-electron chi connectivity index (χ2n) is 23.9. The van der Waals surface area contributed by atoms with Gasteiger partial charge in [0.2, 0.25) is 5.91 Å². The highest BCUT2D eigenvalue weighted by Gasteiger charge is 2.47. The van der Waals surface area contributed by atoms with Crippen molar-refractivity contribution >= 4 is 11.9 Å². The molecule has 0 aliphatic carbocycles. The van der Waals surface area contributed by atoms with Crippen molar-refractivity contribution in [1.29, 1.82) is 0 Å². The topological polar surface area (TPSA) is 175 Å². The Morgan fingerprint density at radius 2 is 0.812 bits per heavy atom. The summed E-state index contributed by atoms with van der Waals surface area (Å²) >= 11 is 0. The zero-order chi connectivity index (χ0) is 61.7. The van der Waals surface area contributed by atoms with Crippen molar-refractivity contribution in [2.75, 3.05) is 13.2 Å². The van der Waals surface area contributed by atoms with Crippen LogP contribution >= 0.6 is 0 Å². The van der Waals surface area contributed by atoms with Gasteiger partial charge in [0, 0.05) is 6.42 Å². The molecule has 8 atom stereocenters. The fraction of sp³-hybridized carbons (Fsp3) is 0.757. The van der Waals surface area contributed by atoms with Crippen LogP contribution in [0.25, 0.3) is 0 Å². The largest absolute Gasteiger partial charge is 0.454 e. The second-order valence-corrected chi connectivity index (χ2v) is 23.9. The molecule has 1 heterocycles. The lowest BCUT2D eigenvalue weighted by Gasteiger charge is -2.41. The Morgan fingerprint density at radius 3 is 1.24 bits per heavy atom. The number of hydrogen-bond acceptors (Lipinski definition) is 10. The maximum atomic E-state index is 13.4. The van der Waals surface area contributed by atoms with Crippen molar-refractivity contribution in [3.05, 3.63) is 97.2 Å². The molecule has 85 heavy (non-hydrogen) atoms. The monoisotopic (exact) mass is 1190 g/mol. The van der Waals surface area contributed by atoms with Gasteiger partial charge >= 0.3 is 5.97 Å². The van der Waals surface area contributed by atoms with Gasteiger partial charge in [-0.25, -0.2) is 0 Å². The third-order valence-corrected chi connectivity index (χ3v) is 16.0. The number of carbonyl (C=O) groups is 2. The predicted octanol–water partition coefficient (Wildman–Crippen LogP) is 17.8. The Balaban J connectivity index is 2.56. The summed E-state index contributed by atoms with van der Waals surface area (Å²) in [6.45, 7) is 5.73. The minimum absolute atomic E-state index is 0.114. The lowest BCUT2D eigenvalue weighted by Crippen LogP contribution is -2.61. The third-order valence-electron chi connectivity index (χ3n) is 16.0. The quantitative estimate of drug-likeness (QED) is 0.0195. The number of unbranched alkanes of at least 4 members (excludes halogenated alkanes) is 31. The van der Waals surface area contributed by atoms with Crippen LogP contribution < -0.4 is 5.32 Å². The summed E-state index contributed by atoms with van der Waals surface area (Å²) in [5.41, 5.74) is 0. The summed E-state index contributed by atoms with van der Waals surface area (Å²) in [7, 11) is 0. The fourth-order valence-electron chi connectivity index (χ4n) is 10.4. The van der Waals surface area contributed by atoms with Crippen molar-refractivity contribution in [3.63, 3.8) is 0 Å². The van der Waals surface area contributed by atoms with Crippen LogP contribution in [-0.2, 0) is 23.8 Å². The summed E-state index contributed by atoms with van der Waals surface area (Å²) in [4.78, 5) is 26.6. The van der Waals surface area contributed by atoms with Crippen LogP contribution in [0.5, 0.6) is 0 Å². The minimum atomic E-state index is -1.62. The summed E-state index contributed by atoms with van der Waals surface area (Å²) in [6.07, 6.45) is 71.6. The van der Waals surface area contributed by atoms with Crippen molar-refractivity contribution in [2.45, 2.75) is 346 Å². The molecule has 1 aliphatic heterocycles. The predicted molar refractivity (Wildman–Crippen MR) is 356 cm³/mol. The van der Waals surface area contributed by atoms with E-state index in [1.165, 1.54) is 141 Å². The van der Waals surface area contributed by atoms with Crippen molar-refractivity contribution in [2.24, 2.45) is 0 Å². The number of allylic oxidation sites excluding steroid dienone is 15. The van der Waals surface area contributed by atoms with E-state index < -0.39 is 67.4 Å². The van der Waals surface area contributed by atoms with Gasteiger partial charge in [-0.2, -0.15) is 0 Å². The van der Waals surface area contributed by atoms with E-state index in [1.54, 1.807) is 6.08 Å². The van der Waals surface area contributed by atoms with E-state index >= 15 is 0 Å². The van der Waals surface area contributed by atoms with Gasteiger partial charge in [-0.1, -0.05) is 279 Å². The molecule has 1 saturated heterocycles. The normalized spacial score (nSPS) is 19.0. The summed E-state index contributed by atoms with van der Waals surface area (Å²) in [5.74, 6) is -1.21. The van der Waals surface area contributed by atoms with E-state index in [1.807, 2.05) is 6.08 Å². The highest BCUT2D eigenvalue weighted by atomic mass is 16.7. The first-order chi connectivity index (χ1) is 41.7. The number of aliphatic hydroxyl groups is 5. The molecule has 1 aliphatic rings. The molecule has 0 radical (unpaired) electrons. The SMILES string of the molecule is CCCCC/C=C\C/C=C\C/C=C\C/C=C\CCCCCCCCCCCCCC(=O)OC1C(OCC(NC(=O)C(O)CCCCCCC/C=C\C/C=C\C/C=C\CCCCC)C(O)/C=C/CCCCCCCCCCC)OC(CO)C(O)C1O. The Bertz CT molecular complexity index is 1750. The van der Waals surface area contributed by atoms with Gasteiger partial charge in [0.1, 0.15) is 24.4 Å². The second kappa shape index (κ2) is 60.8. The van der Waals surface area contributed by atoms with E-state index in [0.717, 1.165) is 109 Å². The Morgan fingerprint density at radius 1 is 0.459 bits per heavy atom. The Hall–Kier alpha value is -3.42. The molecule has 1 fully saturated rings. The molecule has 0 saturated carbocycles. The number of esters is 1. The zero-order valence-corrected chi connectivity index (χ0v) is 54.5. The number of nitrogens with one attached hydrogen (secondary N) is 1. The van der Waals surface area contributed by atoms with Crippen LogP contribution in [0.3, 0.4) is 0 Å². The molecule has 0 aromatic rings. The summed E-state index contributed by atoms with van der Waals surface area (Å²) in [6, 6.07) is -1.04. The lowest BCUT2D eigenvalue weighted by atomic mass is 9.99. The molecule has 6 N–H and O–H groups in total. The number of aliphatic hydroxyl groups excluding tert-OH is 5. The molecule has 11 nitrogen and oxygen atoms in total. The van der Waals surface area contributed by atoms with Gasteiger partial charge in [-0.05, 0) is 109 Å². The molecule has 0 aromatic heterocycles. The molecule has 0 spiro atoms. The van der Waals surface area contributed by atoms with Crippen LogP contribution in [0.4, 0.5) is 0 Å². The smallest absolute Gasteiger partial charge is 0.306 e. The van der Waals surface area contributed by atoms with Crippen LogP contribution in [0, 0.1) is 0 Å². The average Bonchev–Trinajstić information content (AvgIpc) is 2.92. The highest BCUT2D eigenvalue weighted by molar-refractivity contribution is 5.80. The average molecular weight is 1190 g/mol. The van der Waals surface area contributed by atoms with E-state index in [4.69, 9.17) is 14.2 Å². The maximum absolute atomic E-state index is 13.4. The first-order valence-corrected chi connectivity index (χ1v) is 35.0. The van der Waals surface area contributed by atoms with Crippen LogP contribution in [0.1, 0.15) is 297 Å². The maximum Gasteiger partial charge on any atom is 0.306 e. The van der Waals surface area contributed by atoms with Crippen LogP contribution in [0.15, 0.2) is 97.2 Å². The molecule has 490 valence electrons. The Kier molecular flexibility index (Phi) is 57.0. The van der Waals surface area contributed by atoms with E-state index in [9.17, 15) is 35.1 Å². The van der Waals surface area contributed by atoms with Gasteiger partial charge in [0.05, 0.1) is 25.4 Å². The molecule has 1 amide bonds. The molecule has 0 aromatic carbocycles. The molecular weight excluding hydrogens is 1060 g/mol. The number of hydrogen-bond donors (Lipinski definition) is 6. The first kappa shape index (κ1) is 79.6. The van der Waals surface area contributed by atoms with Crippen LogP contribution in [0.2, 0.25) is 0 Å². The van der Waals surface area contributed by atoms with Gasteiger partial charge in [0.15, 0.2) is 12.4 Å². The van der Waals surface area contributed by atoms with Crippen molar-refractivity contribution in [1.82, 2.24) is 5.32 Å². The number of ether oxygens (including phenoxy) is 3. The summed E-state index contributed by atoms with van der Waals surface area (Å²) in [5, 5.41) is 57.1. The van der Waals surface area contributed by atoms with Crippen molar-refractivity contribution in [3.8, 4) is 0 Å². The van der Waals surface area contributed by atoms with Gasteiger partial charge in [-0.15, -0.1) is 0 Å². The van der Waals surface area contributed by atoms with Crippen LogP contribution in [-0.4, -0.2) is 99.6 Å². The lowest BCUT2D eigenvalue weighted by molar-refractivity contribution is -0.305. The Labute approximate surface area is 520 Å². The molecule has 1 rings (SSSR count). The van der Waals surface area contributed by atoms with Gasteiger partial charge < -0.3 is 45.1 Å². The molecule has 8 unspecified atom stereocenters. The third kappa shape index (κ3) is 48.2. The molecular formula is C74H129NO10. The van der Waals surface area contributed by atoms with Gasteiger partial charge in [0.25, 0.3) is 0 Å². The highest BCUT2D eigenvalue weighted by Crippen LogP contribution is 2.26. The molecule has 11 heteroatoms. The van der Waals surface area contributed by atoms with E-state index in [2.05, 4.69) is 111 Å².